The van der Waals surface area contributed by atoms with Gasteiger partial charge >= 0.3 is 6.09 Å². The van der Waals surface area contributed by atoms with Crippen LogP contribution >= 0.6 is 0 Å². The highest BCUT2D eigenvalue weighted by Gasteiger charge is 2.33. The van der Waals surface area contributed by atoms with Crippen LogP contribution in [-0.2, 0) is 28.6 Å². The van der Waals surface area contributed by atoms with Gasteiger partial charge in [0.2, 0.25) is 11.6 Å². The van der Waals surface area contributed by atoms with E-state index in [2.05, 4.69) is 10.6 Å². The average Bonchev–Trinajstić information content (AvgIpc) is 3.01. The molecule has 0 fully saturated rings. The van der Waals surface area contributed by atoms with Crippen LogP contribution in [0, 0.1) is 11.8 Å². The zero-order valence-corrected chi connectivity index (χ0v) is 28.0. The van der Waals surface area contributed by atoms with E-state index in [9.17, 15) is 24.3 Å². The Labute approximate surface area is 272 Å². The Kier molecular flexibility index (Phi) is 16.1. The number of fused-ring (bicyclic) bond motifs is 2. The van der Waals surface area contributed by atoms with E-state index in [-0.39, 0.29) is 34.9 Å². The molecule has 2 aliphatic rings. The standard InChI is InChI=1S/C34H52N4O8/c1-20-16-24-29(37-15-10-8-7-9-14-35)26(39)19-25(31(24)41)38-33(42)21(2)12-11-13-27(44-5)32(46-34(36)43)23(4)18-22(3)30(40)28(17-20)45-6/h11-13,18-20,22,27-28,30,32,37,40H,7-10,14-17,35H2,1-6H3,(H2,36,43)(H,38,42)/b13-11?,21-12-,23-18?/t20-,22+,27+,28+,30-,32+/m1/s1. The fourth-order valence-electron chi connectivity index (χ4n) is 5.61. The topological polar surface area (TPSA) is 192 Å². The molecule has 2 amide bonds. The average molecular weight is 645 g/mol. The van der Waals surface area contributed by atoms with Crippen molar-refractivity contribution in [2.24, 2.45) is 23.3 Å². The van der Waals surface area contributed by atoms with Crippen LogP contribution in [0.4, 0.5) is 4.79 Å². The van der Waals surface area contributed by atoms with E-state index in [4.69, 9.17) is 25.7 Å². The number of hydrogen-bond acceptors (Lipinski definition) is 10. The first-order chi connectivity index (χ1) is 21.8. The fourth-order valence-corrected chi connectivity index (χ4v) is 5.61. The number of carbonyl (C=O) groups is 4. The van der Waals surface area contributed by atoms with E-state index in [0.29, 0.717) is 25.1 Å². The van der Waals surface area contributed by atoms with Gasteiger partial charge in [-0.25, -0.2) is 4.79 Å². The van der Waals surface area contributed by atoms with Crippen molar-refractivity contribution in [2.75, 3.05) is 27.3 Å². The predicted octanol–water partition coefficient (Wildman–Crippen LogP) is 2.87. The van der Waals surface area contributed by atoms with Crippen molar-refractivity contribution >= 4 is 23.6 Å². The molecule has 1 aliphatic carbocycles. The Bertz CT molecular complexity index is 1250. The molecule has 12 nitrogen and oxygen atoms in total. The van der Waals surface area contributed by atoms with Gasteiger partial charge in [0, 0.05) is 43.9 Å². The molecular formula is C34H52N4O8. The molecule has 1 aliphatic heterocycles. The van der Waals surface area contributed by atoms with Gasteiger partial charge in [-0.2, -0.15) is 0 Å². The van der Waals surface area contributed by atoms with Crippen LogP contribution in [0.25, 0.3) is 0 Å². The lowest BCUT2D eigenvalue weighted by Gasteiger charge is -2.30. The Hall–Kier alpha value is -3.58. The van der Waals surface area contributed by atoms with Crippen molar-refractivity contribution in [1.29, 1.82) is 0 Å². The summed E-state index contributed by atoms with van der Waals surface area (Å²) in [5, 5.41) is 17.1. The van der Waals surface area contributed by atoms with Gasteiger partial charge in [-0.1, -0.05) is 51.0 Å². The van der Waals surface area contributed by atoms with Crippen LogP contribution < -0.4 is 22.1 Å². The Balaban J connectivity index is 2.54. The lowest BCUT2D eigenvalue weighted by molar-refractivity contribution is -0.120. The molecule has 0 unspecified atom stereocenters. The molecule has 2 rings (SSSR count). The first kappa shape index (κ1) is 38.6. The second kappa shape index (κ2) is 19.2. The van der Waals surface area contributed by atoms with Gasteiger partial charge in [-0.05, 0) is 57.6 Å². The highest BCUT2D eigenvalue weighted by atomic mass is 16.6. The number of aliphatic hydroxyl groups is 1. The highest BCUT2D eigenvalue weighted by Crippen LogP contribution is 2.29. The number of methoxy groups -OCH3 is 2. The number of ether oxygens (including phenoxy) is 3. The smallest absolute Gasteiger partial charge is 0.405 e. The zero-order valence-electron chi connectivity index (χ0n) is 28.0. The maximum Gasteiger partial charge on any atom is 0.405 e. The van der Waals surface area contributed by atoms with Crippen molar-refractivity contribution < 1.29 is 38.5 Å². The predicted molar refractivity (Wildman–Crippen MR) is 175 cm³/mol. The van der Waals surface area contributed by atoms with Crippen LogP contribution in [0.5, 0.6) is 0 Å². The minimum absolute atomic E-state index is 0.109. The summed E-state index contributed by atoms with van der Waals surface area (Å²) in [5.41, 5.74) is 12.2. The van der Waals surface area contributed by atoms with Crippen LogP contribution in [0.15, 0.2) is 58.5 Å². The summed E-state index contributed by atoms with van der Waals surface area (Å²) in [4.78, 5) is 52.0. The Morgan fingerprint density at radius 3 is 2.41 bits per heavy atom. The number of allylic oxidation sites excluding steroid dienone is 4. The monoisotopic (exact) mass is 644 g/mol. The maximum atomic E-state index is 13.8. The summed E-state index contributed by atoms with van der Waals surface area (Å²) in [6.45, 7) is 8.17. The number of primary amides is 1. The van der Waals surface area contributed by atoms with Crippen molar-refractivity contribution in [3.8, 4) is 0 Å². The molecule has 0 spiro atoms. The van der Waals surface area contributed by atoms with Gasteiger partial charge in [-0.15, -0.1) is 0 Å². The number of hydrogen-bond donors (Lipinski definition) is 5. The first-order valence-corrected chi connectivity index (χ1v) is 15.9. The summed E-state index contributed by atoms with van der Waals surface area (Å²) in [6, 6.07) is 0. The quantitative estimate of drug-likeness (QED) is 0.134. The van der Waals surface area contributed by atoms with Crippen molar-refractivity contribution in [3.05, 3.63) is 58.5 Å². The summed E-state index contributed by atoms with van der Waals surface area (Å²) in [6.07, 6.45) is 7.54. The largest absolute Gasteiger partial charge is 0.439 e. The lowest BCUT2D eigenvalue weighted by Crippen LogP contribution is -2.38. The summed E-state index contributed by atoms with van der Waals surface area (Å²) in [7, 11) is 2.94. The summed E-state index contributed by atoms with van der Waals surface area (Å²) < 4.78 is 16.7. The lowest BCUT2D eigenvalue weighted by atomic mass is 9.85. The molecule has 12 heteroatoms. The van der Waals surface area contributed by atoms with Crippen molar-refractivity contribution in [1.82, 2.24) is 10.6 Å². The fraction of sp³-hybridized carbons (Fsp3) is 0.588. The molecule has 0 radical (unpaired) electrons. The van der Waals surface area contributed by atoms with E-state index in [1.165, 1.54) is 20.3 Å². The van der Waals surface area contributed by atoms with Gasteiger partial charge in [0.25, 0.3) is 5.91 Å². The number of unbranched alkanes of at least 4 members (excludes halogenated alkanes) is 3. The van der Waals surface area contributed by atoms with Gasteiger partial charge < -0.3 is 41.4 Å². The van der Waals surface area contributed by atoms with E-state index in [0.717, 1.165) is 31.8 Å². The van der Waals surface area contributed by atoms with Gasteiger partial charge in [0.1, 0.15) is 6.10 Å². The van der Waals surface area contributed by atoms with Gasteiger partial charge in [-0.3, -0.25) is 14.4 Å². The SMILES string of the molecule is CO[C@H]1C=C/C=C(/C)C(=O)NC2=CC(=O)C(NCCCCCCN)=C(C[C@@H](C)C[C@H](OC)[C@H](O)[C@@H](C)C=C(C)[C@@H]1OC(N)=O)C2=O. The molecule has 2 bridgehead atoms. The Morgan fingerprint density at radius 2 is 1.78 bits per heavy atom. The third-order valence-corrected chi connectivity index (χ3v) is 8.23. The number of nitrogens with two attached hydrogens (primary N) is 2. The van der Waals surface area contributed by atoms with Crippen molar-refractivity contribution in [3.63, 3.8) is 0 Å². The summed E-state index contributed by atoms with van der Waals surface area (Å²) in [5.74, 6) is -2.04. The normalized spacial score (nSPS) is 28.2. The molecule has 0 saturated heterocycles. The number of nitrogens with one attached hydrogen (secondary N) is 2. The molecular weight excluding hydrogens is 592 g/mol. The van der Waals surface area contributed by atoms with E-state index < -0.39 is 53.9 Å². The minimum Gasteiger partial charge on any atom is -0.439 e. The molecule has 46 heavy (non-hydrogen) atoms. The first-order valence-electron chi connectivity index (χ1n) is 15.9. The third-order valence-electron chi connectivity index (χ3n) is 8.23. The van der Waals surface area contributed by atoms with Crippen LogP contribution in [0.2, 0.25) is 0 Å². The Morgan fingerprint density at radius 1 is 1.09 bits per heavy atom. The van der Waals surface area contributed by atoms with Gasteiger partial charge in [0.15, 0.2) is 6.10 Å². The van der Waals surface area contributed by atoms with Crippen LogP contribution in [-0.4, -0.2) is 80.4 Å². The molecule has 0 aromatic carbocycles. The van der Waals surface area contributed by atoms with Crippen LogP contribution in [0.3, 0.4) is 0 Å². The second-order valence-electron chi connectivity index (χ2n) is 12.1. The summed E-state index contributed by atoms with van der Waals surface area (Å²) >= 11 is 0. The third kappa shape index (κ3) is 11.3. The molecule has 0 aromatic heterocycles. The molecule has 0 saturated carbocycles. The zero-order chi connectivity index (χ0) is 34.4. The molecule has 256 valence electrons. The molecule has 0 aromatic rings. The molecule has 6 atom stereocenters. The molecule has 7 N–H and O–H groups in total. The number of ketones is 2. The number of aliphatic hydroxyl groups excluding tert-OH is 1. The maximum absolute atomic E-state index is 13.8. The van der Waals surface area contributed by atoms with Crippen molar-refractivity contribution in [2.45, 2.75) is 90.6 Å². The van der Waals surface area contributed by atoms with Gasteiger partial charge in [0.05, 0.1) is 23.6 Å². The molecule has 1 heterocycles. The minimum atomic E-state index is -0.997. The number of amides is 2. The number of rotatable bonds is 10. The van der Waals surface area contributed by atoms with E-state index >= 15 is 0 Å². The second-order valence-corrected chi connectivity index (χ2v) is 12.1. The van der Waals surface area contributed by atoms with E-state index in [1.54, 1.807) is 32.1 Å². The highest BCUT2D eigenvalue weighted by molar-refractivity contribution is 6.23. The van der Waals surface area contributed by atoms with Crippen LogP contribution in [0.1, 0.15) is 66.2 Å². The number of carbonyl (C=O) groups excluding carboxylic acids is 4. The number of Topliss-reactive ketones (excluding diaryl/α,β-unsaturated/α-hetero) is 1. The van der Waals surface area contributed by atoms with E-state index in [1.807, 2.05) is 13.8 Å².